The summed E-state index contributed by atoms with van der Waals surface area (Å²) < 4.78 is 31.8. The Balaban J connectivity index is 5.29. The third-order valence-corrected chi connectivity index (χ3v) is 9.95. The molecule has 0 aliphatic carbocycles. The lowest BCUT2D eigenvalue weighted by molar-refractivity contribution is 0.0934. The molecule has 5 nitrogen and oxygen atoms in total. The zero-order valence-corrected chi connectivity index (χ0v) is 20.4. The third-order valence-electron chi connectivity index (χ3n) is 2.22. The summed E-state index contributed by atoms with van der Waals surface area (Å²) in [4.78, 5) is 0.519. The maximum atomic E-state index is 12.9. The van der Waals surface area contributed by atoms with E-state index in [9.17, 15) is 4.57 Å². The van der Waals surface area contributed by atoms with Gasteiger partial charge < -0.3 is 13.3 Å². The second-order valence-corrected chi connectivity index (χ2v) is 24.7. The molecule has 0 spiro atoms. The van der Waals surface area contributed by atoms with Crippen LogP contribution in [0.15, 0.2) is 0 Å². The van der Waals surface area contributed by atoms with Crippen LogP contribution in [0.5, 0.6) is 0 Å². The van der Waals surface area contributed by atoms with E-state index in [1.54, 1.807) is 0 Å². The molecule has 0 heterocycles. The van der Waals surface area contributed by atoms with E-state index in [0.29, 0.717) is 4.99 Å². The molecule has 0 amide bonds. The zero-order chi connectivity index (χ0) is 18.0. The van der Waals surface area contributed by atoms with Gasteiger partial charge in [0.05, 0.1) is 0 Å². The summed E-state index contributed by atoms with van der Waals surface area (Å²) in [7, 11) is -7.47. The SMILES string of the molecule is COP(=O)(CC(=S)N(O[Si](C)(C)C)[Si](C)(C)C)O[Si](C)(C)C. The highest BCUT2D eigenvalue weighted by atomic mass is 32.1. The first kappa shape index (κ1) is 22.7. The van der Waals surface area contributed by atoms with Gasteiger partial charge in [0, 0.05) is 7.11 Å². The van der Waals surface area contributed by atoms with Crippen LogP contribution < -0.4 is 0 Å². The fourth-order valence-electron chi connectivity index (χ4n) is 1.62. The van der Waals surface area contributed by atoms with Crippen LogP contribution in [-0.4, -0.2) is 47.9 Å². The average Bonchev–Trinajstić information content (AvgIpc) is 2.20. The number of hydrogen-bond donors (Lipinski definition) is 0. The fourth-order valence-corrected chi connectivity index (χ4v) is 11.0. The molecule has 0 aromatic carbocycles. The summed E-state index contributed by atoms with van der Waals surface area (Å²) in [5, 5.41) is 0. The minimum Gasteiger partial charge on any atom is -0.351 e. The van der Waals surface area contributed by atoms with E-state index < -0.39 is 32.5 Å². The Kier molecular flexibility index (Phi) is 7.92. The van der Waals surface area contributed by atoms with Crippen molar-refractivity contribution >= 4 is 49.7 Å². The molecule has 22 heavy (non-hydrogen) atoms. The summed E-state index contributed by atoms with van der Waals surface area (Å²) in [6.07, 6.45) is 0.0951. The van der Waals surface area contributed by atoms with Gasteiger partial charge in [0.25, 0.3) is 0 Å². The number of nitrogens with zero attached hydrogens (tertiary/aromatic N) is 1. The fraction of sp³-hybridized carbons (Fsp3) is 0.917. The van der Waals surface area contributed by atoms with E-state index in [1.165, 1.54) is 7.11 Å². The summed E-state index contributed by atoms with van der Waals surface area (Å²) in [6, 6.07) is 0. The van der Waals surface area contributed by atoms with Gasteiger partial charge in [-0.15, -0.1) is 0 Å². The van der Waals surface area contributed by atoms with Crippen LogP contribution >= 0.6 is 19.8 Å². The molecule has 10 heteroatoms. The highest BCUT2D eigenvalue weighted by Gasteiger charge is 2.38. The predicted octanol–water partition coefficient (Wildman–Crippen LogP) is 4.91. The van der Waals surface area contributed by atoms with E-state index in [-0.39, 0.29) is 6.16 Å². The predicted molar refractivity (Wildman–Crippen MR) is 106 cm³/mol. The number of hydroxylamine groups is 1. The molecule has 0 radical (unpaired) electrons. The Labute approximate surface area is 144 Å². The first-order valence-electron chi connectivity index (χ1n) is 7.37. The van der Waals surface area contributed by atoms with Gasteiger partial charge in [-0.25, -0.2) is 0 Å². The topological polar surface area (TPSA) is 48.0 Å². The average molecular weight is 402 g/mol. The quantitative estimate of drug-likeness (QED) is 0.249. The third kappa shape index (κ3) is 9.07. The summed E-state index contributed by atoms with van der Waals surface area (Å²) in [6.45, 7) is 18.7. The molecular weight excluding hydrogens is 369 g/mol. The lowest BCUT2D eigenvalue weighted by Gasteiger charge is -2.40. The number of rotatable bonds is 8. The number of hydrogen-bond acceptors (Lipinski definition) is 5. The minimum atomic E-state index is -3.23. The van der Waals surface area contributed by atoms with Crippen LogP contribution in [0.4, 0.5) is 0 Å². The molecule has 132 valence electrons. The van der Waals surface area contributed by atoms with Crippen LogP contribution in [0, 0.1) is 0 Å². The summed E-state index contributed by atoms with van der Waals surface area (Å²) in [5.74, 6) is 0. The van der Waals surface area contributed by atoms with Gasteiger partial charge in [-0.05, 0) is 58.9 Å². The molecule has 1 atom stereocenters. The molecule has 0 aliphatic rings. The van der Waals surface area contributed by atoms with Crippen LogP contribution in [0.3, 0.4) is 0 Å². The molecule has 0 N–H and O–H groups in total. The van der Waals surface area contributed by atoms with Gasteiger partial charge >= 0.3 is 7.60 Å². The van der Waals surface area contributed by atoms with Crippen molar-refractivity contribution in [2.24, 2.45) is 0 Å². The largest absolute Gasteiger partial charge is 0.351 e. The Bertz CT molecular complexity index is 443. The van der Waals surface area contributed by atoms with Gasteiger partial charge in [0.1, 0.15) is 11.2 Å². The van der Waals surface area contributed by atoms with E-state index >= 15 is 0 Å². The number of thiocarbonyl (C=S) groups is 1. The minimum absolute atomic E-state index is 0.0951. The molecule has 0 aromatic rings. The van der Waals surface area contributed by atoms with Gasteiger partial charge in [-0.2, -0.15) is 0 Å². The van der Waals surface area contributed by atoms with Crippen molar-refractivity contribution in [2.45, 2.75) is 58.9 Å². The maximum absolute atomic E-state index is 12.9. The van der Waals surface area contributed by atoms with E-state index in [0.717, 1.165) is 0 Å². The van der Waals surface area contributed by atoms with E-state index in [2.05, 4.69) is 39.3 Å². The lowest BCUT2D eigenvalue weighted by atomic mass is 10.8. The monoisotopic (exact) mass is 401 g/mol. The van der Waals surface area contributed by atoms with Crippen LogP contribution in [0.1, 0.15) is 0 Å². The first-order chi connectivity index (χ1) is 9.49. The van der Waals surface area contributed by atoms with Crippen LogP contribution in [0.2, 0.25) is 58.9 Å². The molecule has 0 aromatic heterocycles. The van der Waals surface area contributed by atoms with Gasteiger partial charge in [-0.3, -0.25) is 9.29 Å². The van der Waals surface area contributed by atoms with Crippen LogP contribution in [-0.2, 0) is 17.8 Å². The Morgan fingerprint density at radius 3 is 1.73 bits per heavy atom. The van der Waals surface area contributed by atoms with Crippen molar-refractivity contribution in [3.05, 3.63) is 0 Å². The van der Waals surface area contributed by atoms with Crippen molar-refractivity contribution in [3.8, 4) is 0 Å². The molecule has 0 fully saturated rings. The van der Waals surface area contributed by atoms with Gasteiger partial charge in [0.2, 0.25) is 8.32 Å². The standard InChI is InChI=1S/C12H32NO4PSSi3/c1-15-18(14,17-22(8,9)10)11-12(19)13(20(2,3)4)16-21(5,6)7/h11H2,1-10H3. The van der Waals surface area contributed by atoms with E-state index in [4.69, 9.17) is 25.5 Å². The normalized spacial score (nSPS) is 16.3. The molecule has 0 saturated carbocycles. The molecule has 1 unspecified atom stereocenters. The summed E-state index contributed by atoms with van der Waals surface area (Å²) in [5.41, 5.74) is 0. The molecule has 0 bridgehead atoms. The second-order valence-electron chi connectivity index (χ2n) is 8.22. The molecule has 0 saturated heterocycles. The van der Waals surface area contributed by atoms with Gasteiger partial charge in [-0.1, -0.05) is 12.2 Å². The van der Waals surface area contributed by atoms with Crippen molar-refractivity contribution in [1.82, 2.24) is 4.73 Å². The van der Waals surface area contributed by atoms with E-state index in [1.807, 2.05) is 24.4 Å². The van der Waals surface area contributed by atoms with Crippen molar-refractivity contribution in [3.63, 3.8) is 0 Å². The Morgan fingerprint density at radius 2 is 1.45 bits per heavy atom. The van der Waals surface area contributed by atoms with Crippen LogP contribution in [0.25, 0.3) is 0 Å². The maximum Gasteiger partial charge on any atom is 0.327 e. The smallest absolute Gasteiger partial charge is 0.327 e. The Hall–Kier alpha value is 0.651. The van der Waals surface area contributed by atoms with Crippen molar-refractivity contribution < 1.29 is 17.8 Å². The van der Waals surface area contributed by atoms with Crippen molar-refractivity contribution in [2.75, 3.05) is 13.3 Å². The molecule has 0 rings (SSSR count). The second kappa shape index (κ2) is 7.69. The zero-order valence-electron chi connectivity index (χ0n) is 15.6. The highest BCUT2D eigenvalue weighted by Crippen LogP contribution is 2.50. The first-order valence-corrected chi connectivity index (χ1v) is 19.8. The highest BCUT2D eigenvalue weighted by molar-refractivity contribution is 7.81. The Morgan fingerprint density at radius 1 is 1.00 bits per heavy atom. The van der Waals surface area contributed by atoms with Gasteiger partial charge in [0.15, 0.2) is 16.6 Å². The lowest BCUT2D eigenvalue weighted by Crippen LogP contribution is -2.54. The van der Waals surface area contributed by atoms with Crippen molar-refractivity contribution in [1.29, 1.82) is 0 Å². The molecule has 0 aliphatic heterocycles. The summed E-state index contributed by atoms with van der Waals surface area (Å²) >= 11 is 5.54. The molecular formula is C12H32NO4PSSi3.